The van der Waals surface area contributed by atoms with Crippen LogP contribution in [-0.4, -0.2) is 26.9 Å². The van der Waals surface area contributed by atoms with Crippen LogP contribution in [0.4, 0.5) is 8.78 Å². The van der Waals surface area contributed by atoms with E-state index in [-0.39, 0.29) is 22.9 Å². The summed E-state index contributed by atoms with van der Waals surface area (Å²) in [6.45, 7) is 7.41. The molecule has 0 saturated heterocycles. The number of nitrogens with zero attached hydrogens (tertiary/aromatic N) is 3. The van der Waals surface area contributed by atoms with Crippen LogP contribution in [0.2, 0.25) is 5.02 Å². The molecule has 0 fully saturated rings. The van der Waals surface area contributed by atoms with Crippen LogP contribution >= 0.6 is 11.6 Å². The lowest BCUT2D eigenvalue weighted by molar-refractivity contribution is 0.0725. The zero-order valence-electron chi connectivity index (χ0n) is 17.5. The highest BCUT2D eigenvalue weighted by Gasteiger charge is 2.24. The number of imidazole rings is 1. The highest BCUT2D eigenvalue weighted by molar-refractivity contribution is 6.33. The maximum atomic E-state index is 14.4. The van der Waals surface area contributed by atoms with Crippen molar-refractivity contribution in [2.24, 2.45) is 5.92 Å². The summed E-state index contributed by atoms with van der Waals surface area (Å²) in [6, 6.07) is 8.67. The van der Waals surface area contributed by atoms with E-state index in [1.165, 1.54) is 30.3 Å². The van der Waals surface area contributed by atoms with Gasteiger partial charge in [0.25, 0.3) is 5.91 Å². The number of aryl methyl sites for hydroxylation is 1. The van der Waals surface area contributed by atoms with Crippen molar-refractivity contribution in [1.29, 1.82) is 0 Å². The van der Waals surface area contributed by atoms with Gasteiger partial charge in [-0.05, 0) is 49.1 Å². The largest absolute Gasteiger partial charge is 0.331 e. The SMILES string of the molecule is CCCn1c(CN(CCC(C)C)C(=O)c2c(F)cccc2Cl)nc2ccc(F)cc21. The first kappa shape index (κ1) is 22.2. The zero-order chi connectivity index (χ0) is 21.8. The fraction of sp³-hybridized carbons (Fsp3) is 0.391. The second kappa shape index (κ2) is 9.56. The van der Waals surface area contributed by atoms with E-state index in [2.05, 4.69) is 18.8 Å². The smallest absolute Gasteiger partial charge is 0.258 e. The Kier molecular flexibility index (Phi) is 7.08. The minimum atomic E-state index is -0.647. The number of hydrogen-bond donors (Lipinski definition) is 0. The molecule has 0 unspecified atom stereocenters. The van der Waals surface area contributed by atoms with Crippen LogP contribution < -0.4 is 0 Å². The lowest BCUT2D eigenvalue weighted by Crippen LogP contribution is -2.34. The first-order valence-corrected chi connectivity index (χ1v) is 10.6. The number of rotatable bonds is 8. The van der Waals surface area contributed by atoms with Gasteiger partial charge in [-0.2, -0.15) is 0 Å². The fourth-order valence-electron chi connectivity index (χ4n) is 3.44. The first-order chi connectivity index (χ1) is 14.3. The fourth-order valence-corrected chi connectivity index (χ4v) is 3.68. The summed E-state index contributed by atoms with van der Waals surface area (Å²) >= 11 is 6.15. The second-order valence-corrected chi connectivity index (χ2v) is 8.23. The van der Waals surface area contributed by atoms with Crippen LogP contribution in [0.15, 0.2) is 36.4 Å². The Morgan fingerprint density at radius 1 is 1.23 bits per heavy atom. The molecule has 30 heavy (non-hydrogen) atoms. The first-order valence-electron chi connectivity index (χ1n) is 10.2. The van der Waals surface area contributed by atoms with E-state index in [0.717, 1.165) is 12.8 Å². The molecular weight excluding hydrogens is 408 g/mol. The lowest BCUT2D eigenvalue weighted by Gasteiger charge is -2.24. The number of benzene rings is 2. The number of aromatic nitrogens is 2. The highest BCUT2D eigenvalue weighted by Crippen LogP contribution is 2.24. The number of carbonyl (C=O) groups excluding carboxylic acids is 1. The van der Waals surface area contributed by atoms with Crippen molar-refractivity contribution in [2.75, 3.05) is 6.54 Å². The van der Waals surface area contributed by atoms with Crippen LogP contribution in [0.3, 0.4) is 0 Å². The molecule has 1 heterocycles. The van der Waals surface area contributed by atoms with Gasteiger partial charge >= 0.3 is 0 Å². The van der Waals surface area contributed by atoms with Crippen LogP contribution in [-0.2, 0) is 13.1 Å². The summed E-state index contributed by atoms with van der Waals surface area (Å²) in [5.74, 6) is -0.453. The Balaban J connectivity index is 2.01. The molecule has 0 saturated carbocycles. The molecule has 0 N–H and O–H groups in total. The summed E-state index contributed by atoms with van der Waals surface area (Å²) < 4.78 is 30.2. The summed E-state index contributed by atoms with van der Waals surface area (Å²) in [7, 11) is 0. The topological polar surface area (TPSA) is 38.1 Å². The summed E-state index contributed by atoms with van der Waals surface area (Å²) in [6.07, 6.45) is 1.58. The third kappa shape index (κ3) is 4.81. The molecule has 0 atom stereocenters. The number of halogens is 3. The second-order valence-electron chi connectivity index (χ2n) is 7.82. The van der Waals surface area contributed by atoms with E-state index in [9.17, 15) is 13.6 Å². The van der Waals surface area contributed by atoms with Gasteiger partial charge in [0, 0.05) is 13.1 Å². The van der Waals surface area contributed by atoms with Crippen molar-refractivity contribution < 1.29 is 13.6 Å². The highest BCUT2D eigenvalue weighted by atomic mass is 35.5. The summed E-state index contributed by atoms with van der Waals surface area (Å²) in [5, 5.41) is 0.0821. The predicted molar refractivity (Wildman–Crippen MR) is 116 cm³/mol. The molecule has 2 aromatic carbocycles. The van der Waals surface area contributed by atoms with Gasteiger partial charge in [-0.25, -0.2) is 13.8 Å². The standard InChI is InChI=1S/C23H26ClF2N3O/c1-4-11-29-20-13-16(25)8-9-19(20)27-21(29)14-28(12-10-15(2)3)23(30)22-17(24)6-5-7-18(22)26/h5-9,13,15H,4,10-12,14H2,1-3H3. The number of hydrogen-bond acceptors (Lipinski definition) is 2. The van der Waals surface area contributed by atoms with E-state index in [1.54, 1.807) is 11.0 Å². The van der Waals surface area contributed by atoms with E-state index in [1.807, 2.05) is 11.5 Å². The van der Waals surface area contributed by atoms with E-state index >= 15 is 0 Å². The van der Waals surface area contributed by atoms with Crippen LogP contribution in [0.5, 0.6) is 0 Å². The number of amides is 1. The molecule has 160 valence electrons. The third-order valence-electron chi connectivity index (χ3n) is 5.01. The maximum absolute atomic E-state index is 14.4. The molecule has 0 spiro atoms. The van der Waals surface area contributed by atoms with Gasteiger partial charge in [-0.3, -0.25) is 4.79 Å². The molecule has 1 aromatic heterocycles. The molecule has 1 amide bonds. The van der Waals surface area contributed by atoms with Crippen molar-refractivity contribution in [3.05, 3.63) is 64.4 Å². The van der Waals surface area contributed by atoms with Gasteiger partial charge < -0.3 is 9.47 Å². The molecule has 0 bridgehead atoms. The molecule has 3 rings (SSSR count). The minimum absolute atomic E-state index is 0.0821. The molecule has 0 aliphatic carbocycles. The maximum Gasteiger partial charge on any atom is 0.258 e. The van der Waals surface area contributed by atoms with Gasteiger partial charge in [0.15, 0.2) is 0 Å². The quantitative estimate of drug-likeness (QED) is 0.432. The van der Waals surface area contributed by atoms with Crippen LogP contribution in [0.1, 0.15) is 49.8 Å². The zero-order valence-corrected chi connectivity index (χ0v) is 18.2. The third-order valence-corrected chi connectivity index (χ3v) is 5.32. The Morgan fingerprint density at radius 2 is 2.00 bits per heavy atom. The average Bonchev–Trinajstić information content (AvgIpc) is 3.01. The summed E-state index contributed by atoms with van der Waals surface area (Å²) in [4.78, 5) is 19.5. The lowest BCUT2D eigenvalue weighted by atomic mass is 10.1. The Labute approximate surface area is 180 Å². The van der Waals surface area contributed by atoms with Crippen LogP contribution in [0, 0.1) is 17.6 Å². The normalized spacial score (nSPS) is 11.4. The monoisotopic (exact) mass is 433 g/mol. The van der Waals surface area contributed by atoms with Gasteiger partial charge in [0.1, 0.15) is 17.5 Å². The Hall–Kier alpha value is -2.47. The van der Waals surface area contributed by atoms with E-state index < -0.39 is 11.7 Å². The molecule has 0 aliphatic rings. The molecule has 0 radical (unpaired) electrons. The van der Waals surface area contributed by atoms with Crippen molar-refractivity contribution in [3.63, 3.8) is 0 Å². The van der Waals surface area contributed by atoms with E-state index in [0.29, 0.717) is 35.9 Å². The van der Waals surface area contributed by atoms with Gasteiger partial charge in [-0.1, -0.05) is 38.4 Å². The molecule has 0 aliphatic heterocycles. The Morgan fingerprint density at radius 3 is 2.67 bits per heavy atom. The minimum Gasteiger partial charge on any atom is -0.331 e. The van der Waals surface area contributed by atoms with Gasteiger partial charge in [0.05, 0.1) is 28.2 Å². The van der Waals surface area contributed by atoms with Crippen molar-refractivity contribution in [3.8, 4) is 0 Å². The molecular formula is C23H26ClF2N3O. The van der Waals surface area contributed by atoms with Gasteiger partial charge in [0.2, 0.25) is 0 Å². The van der Waals surface area contributed by atoms with Gasteiger partial charge in [-0.15, -0.1) is 0 Å². The van der Waals surface area contributed by atoms with E-state index in [4.69, 9.17) is 11.6 Å². The average molecular weight is 434 g/mol. The Bertz CT molecular complexity index is 1030. The number of carbonyl (C=O) groups is 1. The number of fused-ring (bicyclic) bond motifs is 1. The van der Waals surface area contributed by atoms with Crippen molar-refractivity contribution in [2.45, 2.75) is 46.7 Å². The molecule has 7 heteroatoms. The molecule has 3 aromatic rings. The molecule has 4 nitrogen and oxygen atoms in total. The predicted octanol–water partition coefficient (Wildman–Crippen LogP) is 6.07. The van der Waals surface area contributed by atoms with Crippen molar-refractivity contribution >= 4 is 28.5 Å². The summed E-state index contributed by atoms with van der Waals surface area (Å²) in [5.41, 5.74) is 1.22. The van der Waals surface area contributed by atoms with Crippen molar-refractivity contribution in [1.82, 2.24) is 14.5 Å². The van der Waals surface area contributed by atoms with Crippen LogP contribution in [0.25, 0.3) is 11.0 Å².